The van der Waals surface area contributed by atoms with Gasteiger partial charge in [0.1, 0.15) is 5.75 Å². The molecule has 0 atom stereocenters. The molecule has 9 heteroatoms. The molecule has 164 valence electrons. The van der Waals surface area contributed by atoms with Crippen LogP contribution in [0, 0.1) is 0 Å². The predicted octanol–water partition coefficient (Wildman–Crippen LogP) is 5.41. The van der Waals surface area contributed by atoms with Gasteiger partial charge in [-0.05, 0) is 60.0 Å². The number of nitrogens with zero attached hydrogens (tertiary/aromatic N) is 4. The van der Waals surface area contributed by atoms with Crippen LogP contribution in [0.1, 0.15) is 4.88 Å². The third-order valence-corrected chi connectivity index (χ3v) is 6.82. The maximum absolute atomic E-state index is 12.7. The highest BCUT2D eigenvalue weighted by Gasteiger charge is 2.19. The van der Waals surface area contributed by atoms with Crippen molar-refractivity contribution >= 4 is 40.6 Å². The van der Waals surface area contributed by atoms with Crippen LogP contribution in [-0.4, -0.2) is 45.5 Å². The van der Waals surface area contributed by atoms with Crippen molar-refractivity contribution in [3.05, 3.63) is 75.9 Å². The van der Waals surface area contributed by atoms with E-state index in [1.165, 1.54) is 11.8 Å². The van der Waals surface area contributed by atoms with Gasteiger partial charge in [0.05, 0.1) is 19.4 Å². The summed E-state index contributed by atoms with van der Waals surface area (Å²) < 4.78 is 7.20. The molecule has 6 nitrogen and oxygen atoms in total. The minimum Gasteiger partial charge on any atom is -0.497 e. The van der Waals surface area contributed by atoms with Crippen LogP contribution in [0.25, 0.3) is 17.1 Å². The summed E-state index contributed by atoms with van der Waals surface area (Å²) in [5.74, 6) is 1.73. The number of hydrogen-bond donors (Lipinski definition) is 0. The van der Waals surface area contributed by atoms with Crippen LogP contribution in [-0.2, 0) is 11.3 Å². The number of benzene rings is 2. The molecule has 4 rings (SSSR count). The lowest BCUT2D eigenvalue weighted by atomic mass is 10.2. The average molecular weight is 485 g/mol. The van der Waals surface area contributed by atoms with Crippen molar-refractivity contribution in [1.82, 2.24) is 19.7 Å². The zero-order chi connectivity index (χ0) is 22.5. The molecule has 0 spiro atoms. The highest BCUT2D eigenvalue weighted by molar-refractivity contribution is 7.99. The van der Waals surface area contributed by atoms with Gasteiger partial charge in [0.25, 0.3) is 0 Å². The smallest absolute Gasteiger partial charge is 0.233 e. The minimum absolute atomic E-state index is 0.0278. The molecule has 0 N–H and O–H groups in total. The summed E-state index contributed by atoms with van der Waals surface area (Å²) in [6.45, 7) is 0.595. The normalized spacial score (nSPS) is 10.8. The Kier molecular flexibility index (Phi) is 7.14. The monoisotopic (exact) mass is 484 g/mol. The topological polar surface area (TPSA) is 60.3 Å². The molecule has 0 bridgehead atoms. The number of ether oxygens (including phenoxy) is 1. The third kappa shape index (κ3) is 5.15. The van der Waals surface area contributed by atoms with E-state index in [9.17, 15) is 4.79 Å². The summed E-state index contributed by atoms with van der Waals surface area (Å²) in [5, 5.41) is 12.1. The van der Waals surface area contributed by atoms with E-state index < -0.39 is 0 Å². The first-order valence-electron chi connectivity index (χ1n) is 9.80. The van der Waals surface area contributed by atoms with Crippen LogP contribution in [0.5, 0.6) is 5.75 Å². The lowest BCUT2D eigenvalue weighted by Gasteiger charge is -2.16. The lowest BCUT2D eigenvalue weighted by Crippen LogP contribution is -2.27. The summed E-state index contributed by atoms with van der Waals surface area (Å²) in [5.41, 5.74) is 1.76. The number of carbonyl (C=O) groups excluding carboxylic acids is 1. The first kappa shape index (κ1) is 22.4. The number of halogens is 1. The minimum atomic E-state index is 0.0278. The van der Waals surface area contributed by atoms with E-state index in [1.807, 2.05) is 77.7 Å². The fourth-order valence-electron chi connectivity index (χ4n) is 3.07. The standard InChI is InChI=1S/C23H21ClN4O2S2/c1-27(14-20-4-3-13-31-20)21(29)15-32-23-26-25-22(16-5-11-19(30-2)12-6-16)28(23)18-9-7-17(24)8-10-18/h3-13H,14-15H2,1-2H3. The van der Waals surface area contributed by atoms with Crippen LogP contribution >= 0.6 is 34.7 Å². The number of thiophene rings is 1. The molecule has 4 aromatic rings. The highest BCUT2D eigenvalue weighted by Crippen LogP contribution is 2.29. The van der Waals surface area contributed by atoms with E-state index in [0.717, 1.165) is 21.9 Å². The van der Waals surface area contributed by atoms with Gasteiger partial charge in [0.2, 0.25) is 5.91 Å². The Labute approximate surface area is 199 Å². The summed E-state index contributed by atoms with van der Waals surface area (Å²) >= 11 is 9.09. The molecule has 0 fully saturated rings. The molecule has 1 amide bonds. The van der Waals surface area contributed by atoms with Gasteiger partial charge in [-0.3, -0.25) is 9.36 Å². The molecule has 0 saturated heterocycles. The van der Waals surface area contributed by atoms with Crippen molar-refractivity contribution in [3.8, 4) is 22.8 Å². The van der Waals surface area contributed by atoms with Crippen molar-refractivity contribution in [3.63, 3.8) is 0 Å². The van der Waals surface area contributed by atoms with Crippen molar-refractivity contribution in [2.24, 2.45) is 0 Å². The second-order valence-electron chi connectivity index (χ2n) is 6.96. The first-order chi connectivity index (χ1) is 15.5. The van der Waals surface area contributed by atoms with E-state index >= 15 is 0 Å². The van der Waals surface area contributed by atoms with Crippen LogP contribution in [0.15, 0.2) is 71.2 Å². The zero-order valence-corrected chi connectivity index (χ0v) is 20.0. The van der Waals surface area contributed by atoms with Gasteiger partial charge in [-0.1, -0.05) is 29.4 Å². The Morgan fingerprint density at radius 1 is 1.12 bits per heavy atom. The van der Waals surface area contributed by atoms with Crippen LogP contribution in [0.2, 0.25) is 5.02 Å². The van der Waals surface area contributed by atoms with E-state index in [4.69, 9.17) is 16.3 Å². The summed E-state index contributed by atoms with van der Waals surface area (Å²) in [7, 11) is 3.45. The molecule has 2 heterocycles. The van der Waals surface area contributed by atoms with Gasteiger partial charge in [0, 0.05) is 28.2 Å². The van der Waals surface area contributed by atoms with Gasteiger partial charge in [-0.15, -0.1) is 21.5 Å². The molecule has 0 aliphatic carbocycles. The molecule has 0 saturated carbocycles. The molecule has 0 radical (unpaired) electrons. The van der Waals surface area contributed by atoms with Crippen molar-refractivity contribution in [2.45, 2.75) is 11.7 Å². The molecule has 0 aliphatic heterocycles. The number of methoxy groups -OCH3 is 1. The van der Waals surface area contributed by atoms with Crippen molar-refractivity contribution < 1.29 is 9.53 Å². The van der Waals surface area contributed by atoms with Gasteiger partial charge in [-0.2, -0.15) is 0 Å². The number of amides is 1. The summed E-state index contributed by atoms with van der Waals surface area (Å²) in [4.78, 5) is 15.6. The second-order valence-corrected chi connectivity index (χ2v) is 9.38. The lowest BCUT2D eigenvalue weighted by molar-refractivity contribution is -0.127. The number of thioether (sulfide) groups is 1. The Morgan fingerprint density at radius 3 is 2.53 bits per heavy atom. The maximum atomic E-state index is 12.7. The van der Waals surface area contributed by atoms with E-state index in [1.54, 1.807) is 23.3 Å². The van der Waals surface area contributed by atoms with E-state index in [-0.39, 0.29) is 11.7 Å². The largest absolute Gasteiger partial charge is 0.497 e. The summed E-state index contributed by atoms with van der Waals surface area (Å²) in [6, 6.07) is 19.1. The third-order valence-electron chi connectivity index (χ3n) is 4.79. The maximum Gasteiger partial charge on any atom is 0.233 e. The Morgan fingerprint density at radius 2 is 1.88 bits per heavy atom. The van der Waals surface area contributed by atoms with Crippen LogP contribution in [0.3, 0.4) is 0 Å². The quantitative estimate of drug-likeness (QED) is 0.313. The number of rotatable bonds is 8. The van der Waals surface area contributed by atoms with E-state index in [2.05, 4.69) is 10.2 Å². The molecule has 0 unspecified atom stereocenters. The van der Waals surface area contributed by atoms with Crippen molar-refractivity contribution in [2.75, 3.05) is 19.9 Å². The molecule has 2 aromatic heterocycles. The molecule has 0 aliphatic rings. The zero-order valence-electron chi connectivity index (χ0n) is 17.6. The van der Waals surface area contributed by atoms with E-state index in [0.29, 0.717) is 22.5 Å². The Bertz CT molecular complexity index is 1180. The van der Waals surface area contributed by atoms with Gasteiger partial charge in [0.15, 0.2) is 11.0 Å². The van der Waals surface area contributed by atoms with Gasteiger partial charge < -0.3 is 9.64 Å². The molecule has 2 aromatic carbocycles. The van der Waals surface area contributed by atoms with Crippen LogP contribution < -0.4 is 4.74 Å². The fraction of sp³-hybridized carbons (Fsp3) is 0.174. The van der Waals surface area contributed by atoms with Crippen molar-refractivity contribution in [1.29, 1.82) is 0 Å². The van der Waals surface area contributed by atoms with Gasteiger partial charge >= 0.3 is 0 Å². The number of hydrogen-bond acceptors (Lipinski definition) is 6. The second kappa shape index (κ2) is 10.2. The Hall–Kier alpha value is -2.81. The van der Waals surface area contributed by atoms with Crippen LogP contribution in [0.4, 0.5) is 0 Å². The fourth-order valence-corrected chi connectivity index (χ4v) is 4.85. The van der Waals surface area contributed by atoms with Gasteiger partial charge in [-0.25, -0.2) is 0 Å². The number of carbonyl (C=O) groups is 1. The predicted molar refractivity (Wildman–Crippen MR) is 130 cm³/mol. The average Bonchev–Trinajstić information content (AvgIpc) is 3.48. The summed E-state index contributed by atoms with van der Waals surface area (Å²) in [6.07, 6.45) is 0. The molecule has 32 heavy (non-hydrogen) atoms. The highest BCUT2D eigenvalue weighted by atomic mass is 35.5. The molecular formula is C23H21ClN4O2S2. The SMILES string of the molecule is COc1ccc(-c2nnc(SCC(=O)N(C)Cc3cccs3)n2-c2ccc(Cl)cc2)cc1. The Balaban J connectivity index is 1.59. The number of aromatic nitrogens is 3. The first-order valence-corrected chi connectivity index (χ1v) is 12.0. The molecular weight excluding hydrogens is 464 g/mol.